The van der Waals surface area contributed by atoms with E-state index in [2.05, 4.69) is 4.98 Å². The number of aromatic nitrogens is 2. The van der Waals surface area contributed by atoms with Crippen LogP contribution in [0, 0.1) is 0 Å². The van der Waals surface area contributed by atoms with Crippen molar-refractivity contribution < 1.29 is 9.84 Å². The van der Waals surface area contributed by atoms with E-state index in [1.54, 1.807) is 35.8 Å². The van der Waals surface area contributed by atoms with Gasteiger partial charge in [-0.1, -0.05) is 0 Å². The molecule has 5 nitrogen and oxygen atoms in total. The zero-order valence-corrected chi connectivity index (χ0v) is 10.4. The topological polar surface area (TPSA) is 72.8 Å². The van der Waals surface area contributed by atoms with E-state index in [4.69, 9.17) is 10.5 Å². The predicted octanol–water partition coefficient (Wildman–Crippen LogP) is 2.30. The van der Waals surface area contributed by atoms with E-state index in [0.717, 1.165) is 11.3 Å². The minimum atomic E-state index is 0.148. The van der Waals surface area contributed by atoms with E-state index in [9.17, 15) is 5.11 Å². The predicted molar refractivity (Wildman–Crippen MR) is 73.3 cm³/mol. The molecule has 0 atom stereocenters. The molecule has 0 saturated heterocycles. The average molecular weight is 255 g/mol. The van der Waals surface area contributed by atoms with E-state index >= 15 is 0 Å². The number of anilines is 1. The minimum Gasteiger partial charge on any atom is -0.504 e. The molecule has 0 bridgehead atoms. The zero-order chi connectivity index (χ0) is 13.4. The molecule has 1 aromatic carbocycles. The van der Waals surface area contributed by atoms with Gasteiger partial charge in [0.1, 0.15) is 5.75 Å². The number of hydrogen-bond acceptors (Lipinski definition) is 4. The summed E-state index contributed by atoms with van der Waals surface area (Å²) in [7, 11) is 1.58. The van der Waals surface area contributed by atoms with Gasteiger partial charge in [-0.2, -0.15) is 0 Å². The summed E-state index contributed by atoms with van der Waals surface area (Å²) < 4.78 is 6.89. The molecule has 0 aliphatic rings. The maximum Gasteiger partial charge on any atom is 0.180 e. The molecule has 0 radical (unpaired) electrons. The molecule has 3 rings (SSSR count). The highest BCUT2D eigenvalue weighted by Crippen LogP contribution is 2.29. The number of aromatic hydroxyl groups is 1. The lowest BCUT2D eigenvalue weighted by molar-refractivity contribution is 0.417. The van der Waals surface area contributed by atoms with Crippen LogP contribution in [0.25, 0.3) is 16.9 Å². The van der Waals surface area contributed by atoms with Gasteiger partial charge in [-0.3, -0.25) is 0 Å². The van der Waals surface area contributed by atoms with Gasteiger partial charge in [-0.25, -0.2) is 4.98 Å². The molecule has 3 aromatic rings. The highest BCUT2D eigenvalue weighted by Gasteiger charge is 2.09. The van der Waals surface area contributed by atoms with Gasteiger partial charge in [0.15, 0.2) is 11.4 Å². The Hall–Kier alpha value is -2.69. The van der Waals surface area contributed by atoms with Crippen LogP contribution < -0.4 is 10.5 Å². The second-order valence-electron chi connectivity index (χ2n) is 4.21. The number of methoxy groups -OCH3 is 1. The molecular formula is C14H13N3O2. The largest absolute Gasteiger partial charge is 0.504 e. The molecule has 5 heteroatoms. The standard InChI is InChI=1S/C14H13N3O2/c1-19-13-5-4-9(7-10(13)15)11-8-17-6-2-3-12(18)14(17)16-11/h2-8,18H,15H2,1H3. The number of fused-ring (bicyclic) bond motifs is 1. The summed E-state index contributed by atoms with van der Waals surface area (Å²) in [6.07, 6.45) is 3.68. The molecule has 0 fully saturated rings. The minimum absolute atomic E-state index is 0.148. The van der Waals surface area contributed by atoms with E-state index in [1.165, 1.54) is 0 Å². The Labute approximate surface area is 109 Å². The third-order valence-corrected chi connectivity index (χ3v) is 2.99. The fraction of sp³-hybridized carbons (Fsp3) is 0.0714. The Balaban J connectivity index is 2.14. The lowest BCUT2D eigenvalue weighted by Crippen LogP contribution is -1.92. The zero-order valence-electron chi connectivity index (χ0n) is 10.4. The van der Waals surface area contributed by atoms with Crippen LogP contribution in [0.15, 0.2) is 42.7 Å². The third kappa shape index (κ3) is 1.85. The third-order valence-electron chi connectivity index (χ3n) is 2.99. The van der Waals surface area contributed by atoms with Crippen molar-refractivity contribution in [3.05, 3.63) is 42.7 Å². The second-order valence-corrected chi connectivity index (χ2v) is 4.21. The van der Waals surface area contributed by atoms with Crippen molar-refractivity contribution in [3.8, 4) is 22.8 Å². The summed E-state index contributed by atoms with van der Waals surface area (Å²) in [4.78, 5) is 4.40. The monoisotopic (exact) mass is 255 g/mol. The lowest BCUT2D eigenvalue weighted by Gasteiger charge is -2.05. The van der Waals surface area contributed by atoms with Crippen LogP contribution in [-0.4, -0.2) is 21.6 Å². The van der Waals surface area contributed by atoms with Crippen molar-refractivity contribution in [1.29, 1.82) is 0 Å². The van der Waals surface area contributed by atoms with Gasteiger partial charge in [-0.15, -0.1) is 0 Å². The summed E-state index contributed by atoms with van der Waals surface area (Å²) in [5.74, 6) is 0.783. The summed E-state index contributed by atoms with van der Waals surface area (Å²) in [6, 6.07) is 8.85. The van der Waals surface area contributed by atoms with E-state index in [1.807, 2.05) is 18.5 Å². The first-order valence-corrected chi connectivity index (χ1v) is 5.79. The van der Waals surface area contributed by atoms with Crippen molar-refractivity contribution in [2.24, 2.45) is 0 Å². The van der Waals surface area contributed by atoms with Crippen LogP contribution in [0.5, 0.6) is 11.5 Å². The first-order chi connectivity index (χ1) is 9.19. The Morgan fingerprint density at radius 2 is 2.16 bits per heavy atom. The molecular weight excluding hydrogens is 242 g/mol. The van der Waals surface area contributed by atoms with Gasteiger partial charge >= 0.3 is 0 Å². The number of nitrogens with zero attached hydrogens (tertiary/aromatic N) is 2. The van der Waals surface area contributed by atoms with Crippen LogP contribution in [0.1, 0.15) is 0 Å². The maximum absolute atomic E-state index is 9.74. The quantitative estimate of drug-likeness (QED) is 0.689. The fourth-order valence-electron chi connectivity index (χ4n) is 2.03. The van der Waals surface area contributed by atoms with Crippen molar-refractivity contribution in [2.45, 2.75) is 0 Å². The molecule has 3 N–H and O–H groups in total. The van der Waals surface area contributed by atoms with Gasteiger partial charge in [0.25, 0.3) is 0 Å². The van der Waals surface area contributed by atoms with Crippen molar-refractivity contribution in [2.75, 3.05) is 12.8 Å². The highest BCUT2D eigenvalue weighted by molar-refractivity contribution is 5.71. The molecule has 2 aromatic heterocycles. The van der Waals surface area contributed by atoms with Crippen LogP contribution in [0.3, 0.4) is 0 Å². The number of nitrogens with two attached hydrogens (primary N) is 1. The molecule has 19 heavy (non-hydrogen) atoms. The Kier molecular flexibility index (Phi) is 2.52. The molecule has 0 aliphatic carbocycles. The first-order valence-electron chi connectivity index (χ1n) is 5.79. The van der Waals surface area contributed by atoms with Gasteiger partial charge in [0.2, 0.25) is 0 Å². The SMILES string of the molecule is COc1ccc(-c2cn3cccc(O)c3n2)cc1N. The van der Waals surface area contributed by atoms with Crippen molar-refractivity contribution in [3.63, 3.8) is 0 Å². The smallest absolute Gasteiger partial charge is 0.180 e. The normalized spacial score (nSPS) is 10.8. The number of rotatable bonds is 2. The highest BCUT2D eigenvalue weighted by atomic mass is 16.5. The average Bonchev–Trinajstić information content (AvgIpc) is 2.84. The van der Waals surface area contributed by atoms with Crippen molar-refractivity contribution in [1.82, 2.24) is 9.38 Å². The molecule has 0 amide bonds. The van der Waals surface area contributed by atoms with Gasteiger partial charge in [0.05, 0.1) is 18.5 Å². The number of imidazole rings is 1. The number of hydrogen-bond donors (Lipinski definition) is 2. The Bertz CT molecular complexity index is 750. The summed E-state index contributed by atoms with van der Waals surface area (Å²) in [6.45, 7) is 0. The number of benzene rings is 1. The summed E-state index contributed by atoms with van der Waals surface area (Å²) in [5, 5.41) is 9.74. The Morgan fingerprint density at radius 1 is 1.32 bits per heavy atom. The summed E-state index contributed by atoms with van der Waals surface area (Å²) >= 11 is 0. The molecule has 0 spiro atoms. The van der Waals surface area contributed by atoms with E-state index in [-0.39, 0.29) is 5.75 Å². The lowest BCUT2D eigenvalue weighted by atomic mass is 10.1. The number of pyridine rings is 1. The fourth-order valence-corrected chi connectivity index (χ4v) is 2.03. The van der Waals surface area contributed by atoms with Gasteiger partial charge in [0, 0.05) is 18.0 Å². The summed E-state index contributed by atoms with van der Waals surface area (Å²) in [5.41, 5.74) is 8.58. The second kappa shape index (κ2) is 4.20. The van der Waals surface area contributed by atoms with Crippen LogP contribution >= 0.6 is 0 Å². The molecule has 96 valence electrons. The first kappa shape index (κ1) is 11.4. The van der Waals surface area contributed by atoms with E-state index in [0.29, 0.717) is 17.1 Å². The van der Waals surface area contributed by atoms with E-state index < -0.39 is 0 Å². The Morgan fingerprint density at radius 3 is 2.84 bits per heavy atom. The number of ether oxygens (including phenoxy) is 1. The van der Waals surface area contributed by atoms with Crippen molar-refractivity contribution >= 4 is 11.3 Å². The molecule has 2 heterocycles. The maximum atomic E-state index is 9.74. The molecule has 0 saturated carbocycles. The number of nitrogen functional groups attached to an aromatic ring is 1. The van der Waals surface area contributed by atoms with Crippen LogP contribution in [0.2, 0.25) is 0 Å². The molecule has 0 unspecified atom stereocenters. The van der Waals surface area contributed by atoms with Gasteiger partial charge in [-0.05, 0) is 30.3 Å². The molecule has 0 aliphatic heterocycles. The van der Waals surface area contributed by atoms with Gasteiger partial charge < -0.3 is 20.0 Å². The van der Waals surface area contributed by atoms with Crippen LogP contribution in [0.4, 0.5) is 5.69 Å². The van der Waals surface area contributed by atoms with Crippen LogP contribution in [-0.2, 0) is 0 Å².